The van der Waals surface area contributed by atoms with Crippen LogP contribution >= 0.6 is 11.6 Å². The number of nitrogens with one attached hydrogen (secondary N) is 1. The molecule has 43 heavy (non-hydrogen) atoms. The quantitative estimate of drug-likeness (QED) is 0.180. The van der Waals surface area contributed by atoms with Crippen LogP contribution in [0.15, 0.2) is 48.7 Å². The Bertz CT molecular complexity index is 1400. The molecule has 1 aromatic heterocycles. The van der Waals surface area contributed by atoms with Crippen molar-refractivity contribution in [2.45, 2.75) is 64.8 Å². The molecule has 232 valence electrons. The third-order valence-corrected chi connectivity index (χ3v) is 6.46. The van der Waals surface area contributed by atoms with Crippen LogP contribution in [0, 0.1) is 11.7 Å². The number of hydrogen-bond donors (Lipinski definition) is 3. The summed E-state index contributed by atoms with van der Waals surface area (Å²) in [5.41, 5.74) is 7.24. The van der Waals surface area contributed by atoms with Gasteiger partial charge in [0, 0.05) is 23.0 Å². The van der Waals surface area contributed by atoms with E-state index >= 15 is 0 Å². The molecule has 3 atom stereocenters. The van der Waals surface area contributed by atoms with E-state index in [1.807, 2.05) is 0 Å². The van der Waals surface area contributed by atoms with E-state index in [1.165, 1.54) is 24.4 Å². The standard InChI is InChI=1S/C29H35ClFN5O7/c1-16(2)26(32)29(40)41-15-42-36-14-24(34-35-36)27(38)33-21(13-25(37)28(39)43-17(3)4)11-18-5-7-19(8-6-18)22-12-20(30)9-10-23(22)31/h5-10,12,14,16-17,21,25-26,37H,11,13,15,32H2,1-4H3,(H,33,38)/t21-,25-,26+/m1/s1. The smallest absolute Gasteiger partial charge is 0.335 e. The molecule has 4 N–H and O–H groups in total. The van der Waals surface area contributed by atoms with Crippen molar-refractivity contribution in [3.63, 3.8) is 0 Å². The summed E-state index contributed by atoms with van der Waals surface area (Å²) in [5, 5.41) is 21.1. The number of aliphatic hydroxyl groups is 1. The number of aliphatic hydroxyl groups excluding tert-OH is 1. The highest BCUT2D eigenvalue weighted by molar-refractivity contribution is 6.30. The number of ether oxygens (including phenoxy) is 2. The minimum absolute atomic E-state index is 0.128. The Labute approximate surface area is 253 Å². The molecule has 0 unspecified atom stereocenters. The number of esters is 2. The first-order valence-corrected chi connectivity index (χ1v) is 13.9. The van der Waals surface area contributed by atoms with Crippen molar-refractivity contribution in [3.8, 4) is 11.1 Å². The molecule has 0 radical (unpaired) electrons. The highest BCUT2D eigenvalue weighted by Gasteiger charge is 2.26. The van der Waals surface area contributed by atoms with Gasteiger partial charge in [-0.1, -0.05) is 54.6 Å². The third-order valence-electron chi connectivity index (χ3n) is 6.22. The SMILES string of the molecule is CC(C)OC(=O)[C@H](O)C[C@@H](Cc1ccc(-c2cc(Cl)ccc2F)cc1)NC(=O)c1cn(OCOC(=O)[C@@H](N)C(C)C)nn1. The van der Waals surface area contributed by atoms with Crippen LogP contribution in [0.5, 0.6) is 0 Å². The number of benzene rings is 2. The molecule has 0 bridgehead atoms. The minimum atomic E-state index is -1.52. The van der Waals surface area contributed by atoms with Crippen LogP contribution < -0.4 is 15.9 Å². The topological polar surface area (TPSA) is 168 Å². The molecule has 0 saturated heterocycles. The van der Waals surface area contributed by atoms with Crippen LogP contribution in [0.4, 0.5) is 4.39 Å². The lowest BCUT2D eigenvalue weighted by Gasteiger charge is -2.21. The maximum atomic E-state index is 14.3. The van der Waals surface area contributed by atoms with Crippen LogP contribution in [0.3, 0.4) is 0 Å². The second kappa shape index (κ2) is 15.4. The summed E-state index contributed by atoms with van der Waals surface area (Å²) < 4.78 is 24.3. The zero-order valence-electron chi connectivity index (χ0n) is 24.2. The van der Waals surface area contributed by atoms with Crippen LogP contribution in [-0.2, 0) is 25.5 Å². The van der Waals surface area contributed by atoms with Gasteiger partial charge in [0.2, 0.25) is 0 Å². The summed E-state index contributed by atoms with van der Waals surface area (Å²) in [6.45, 7) is 6.34. The number of nitrogens with zero attached hydrogens (tertiary/aromatic N) is 3. The summed E-state index contributed by atoms with van der Waals surface area (Å²) >= 11 is 6.02. The zero-order chi connectivity index (χ0) is 31.7. The van der Waals surface area contributed by atoms with Gasteiger partial charge in [0.15, 0.2) is 11.8 Å². The lowest BCUT2D eigenvalue weighted by atomic mass is 9.97. The maximum Gasteiger partial charge on any atom is 0.335 e. The Morgan fingerprint density at radius 1 is 1.09 bits per heavy atom. The second-order valence-corrected chi connectivity index (χ2v) is 10.9. The molecule has 0 aliphatic heterocycles. The summed E-state index contributed by atoms with van der Waals surface area (Å²) in [6.07, 6.45) is -0.755. The highest BCUT2D eigenvalue weighted by atomic mass is 35.5. The molecule has 0 aliphatic carbocycles. The summed E-state index contributed by atoms with van der Waals surface area (Å²) in [5.74, 6) is -2.70. The first kappa shape index (κ1) is 33.4. The van der Waals surface area contributed by atoms with Crippen molar-refractivity contribution < 1.29 is 38.2 Å². The van der Waals surface area contributed by atoms with Crippen molar-refractivity contribution in [2.24, 2.45) is 11.7 Å². The van der Waals surface area contributed by atoms with Gasteiger partial charge >= 0.3 is 11.9 Å². The third kappa shape index (κ3) is 10.0. The monoisotopic (exact) mass is 619 g/mol. The molecule has 0 saturated carbocycles. The molecular weight excluding hydrogens is 585 g/mol. The lowest BCUT2D eigenvalue weighted by molar-refractivity contribution is -0.160. The first-order valence-electron chi connectivity index (χ1n) is 13.6. The van der Waals surface area contributed by atoms with E-state index in [2.05, 4.69) is 15.6 Å². The van der Waals surface area contributed by atoms with E-state index < -0.39 is 54.7 Å². The fourth-order valence-corrected chi connectivity index (χ4v) is 4.05. The van der Waals surface area contributed by atoms with Gasteiger partial charge in [0.25, 0.3) is 12.7 Å². The van der Waals surface area contributed by atoms with E-state index in [4.69, 9.17) is 31.6 Å². The number of carbonyl (C=O) groups is 3. The minimum Gasteiger partial charge on any atom is -0.461 e. The van der Waals surface area contributed by atoms with E-state index in [-0.39, 0.29) is 24.5 Å². The summed E-state index contributed by atoms with van der Waals surface area (Å²) in [7, 11) is 0. The normalized spacial score (nSPS) is 13.3. The summed E-state index contributed by atoms with van der Waals surface area (Å²) in [4.78, 5) is 43.2. The molecule has 2 aromatic carbocycles. The summed E-state index contributed by atoms with van der Waals surface area (Å²) in [6, 6.07) is 9.58. The number of amides is 1. The Morgan fingerprint density at radius 2 is 1.79 bits per heavy atom. The van der Waals surface area contributed by atoms with Crippen molar-refractivity contribution in [1.29, 1.82) is 0 Å². The van der Waals surface area contributed by atoms with E-state index in [0.717, 1.165) is 10.4 Å². The van der Waals surface area contributed by atoms with Gasteiger partial charge in [0.1, 0.15) is 18.1 Å². The molecule has 3 aromatic rings. The number of rotatable bonds is 14. The lowest BCUT2D eigenvalue weighted by Crippen LogP contribution is -2.41. The van der Waals surface area contributed by atoms with Gasteiger partial charge in [-0.2, -0.15) is 0 Å². The number of halogens is 2. The van der Waals surface area contributed by atoms with E-state index in [1.54, 1.807) is 52.0 Å². The molecule has 14 heteroatoms. The van der Waals surface area contributed by atoms with Crippen molar-refractivity contribution in [3.05, 3.63) is 70.8 Å². The fraction of sp³-hybridized carbons (Fsp3) is 0.414. The second-order valence-electron chi connectivity index (χ2n) is 10.4. The Balaban J connectivity index is 1.69. The predicted molar refractivity (Wildman–Crippen MR) is 154 cm³/mol. The number of carbonyl (C=O) groups excluding carboxylic acids is 3. The average molecular weight is 620 g/mol. The Kier molecular flexibility index (Phi) is 12.0. The van der Waals surface area contributed by atoms with Crippen molar-refractivity contribution in [2.75, 3.05) is 6.79 Å². The zero-order valence-corrected chi connectivity index (χ0v) is 25.0. The van der Waals surface area contributed by atoms with Crippen molar-refractivity contribution in [1.82, 2.24) is 20.5 Å². The van der Waals surface area contributed by atoms with E-state index in [9.17, 15) is 23.9 Å². The van der Waals surface area contributed by atoms with Gasteiger partial charge in [-0.3, -0.25) is 9.59 Å². The molecule has 0 fully saturated rings. The van der Waals surface area contributed by atoms with Gasteiger partial charge in [-0.05, 0) is 60.7 Å². The van der Waals surface area contributed by atoms with Crippen LogP contribution in [0.1, 0.15) is 50.2 Å². The molecule has 0 spiro atoms. The maximum absolute atomic E-state index is 14.3. The number of aromatic nitrogens is 3. The molecule has 3 rings (SSSR count). The van der Waals surface area contributed by atoms with Gasteiger partial charge < -0.3 is 30.5 Å². The Morgan fingerprint density at radius 3 is 2.44 bits per heavy atom. The molecule has 1 heterocycles. The molecule has 12 nitrogen and oxygen atoms in total. The fourth-order valence-electron chi connectivity index (χ4n) is 3.88. The van der Waals surface area contributed by atoms with E-state index in [0.29, 0.717) is 16.1 Å². The van der Waals surface area contributed by atoms with Crippen LogP contribution in [-0.4, -0.2) is 69.2 Å². The average Bonchev–Trinajstić information content (AvgIpc) is 3.43. The molecular formula is C29H35ClFN5O7. The van der Waals surface area contributed by atoms with Gasteiger partial charge in [-0.25, -0.2) is 9.18 Å². The Hall–Kier alpha value is -4.07. The highest BCUT2D eigenvalue weighted by Crippen LogP contribution is 2.26. The largest absolute Gasteiger partial charge is 0.461 e. The molecule has 0 aliphatic rings. The number of hydrogen-bond acceptors (Lipinski definition) is 10. The van der Waals surface area contributed by atoms with Gasteiger partial charge in [0.05, 0.1) is 6.10 Å². The predicted octanol–water partition coefficient (Wildman–Crippen LogP) is 2.69. The number of nitrogens with two attached hydrogens (primary N) is 1. The van der Waals surface area contributed by atoms with Crippen molar-refractivity contribution >= 4 is 29.4 Å². The first-order chi connectivity index (χ1) is 20.3. The van der Waals surface area contributed by atoms with Gasteiger partial charge in [-0.15, -0.1) is 5.10 Å². The molecule has 1 amide bonds. The van der Waals surface area contributed by atoms with Crippen LogP contribution in [0.25, 0.3) is 11.1 Å². The van der Waals surface area contributed by atoms with Crippen LogP contribution in [0.2, 0.25) is 5.02 Å².